The van der Waals surface area contributed by atoms with Crippen LogP contribution in [0.15, 0.2) is 18.2 Å². The molecule has 0 spiro atoms. The number of benzene rings is 1. The number of rotatable bonds is 2. The van der Waals surface area contributed by atoms with Crippen LogP contribution in [0.3, 0.4) is 0 Å². The minimum Gasteiger partial charge on any atom is -0.405 e. The highest BCUT2D eigenvalue weighted by molar-refractivity contribution is 14.1. The zero-order chi connectivity index (χ0) is 10.8. The lowest BCUT2D eigenvalue weighted by atomic mass is 10.1. The van der Waals surface area contributed by atoms with E-state index in [2.05, 4.69) is 4.74 Å². The van der Waals surface area contributed by atoms with Crippen molar-refractivity contribution in [2.24, 2.45) is 0 Å². The van der Waals surface area contributed by atoms with Crippen molar-refractivity contribution in [3.05, 3.63) is 27.3 Å². The van der Waals surface area contributed by atoms with Gasteiger partial charge in [0.15, 0.2) is 0 Å². The molecule has 0 saturated heterocycles. The van der Waals surface area contributed by atoms with Gasteiger partial charge < -0.3 is 4.74 Å². The van der Waals surface area contributed by atoms with Gasteiger partial charge in [0.05, 0.1) is 0 Å². The largest absolute Gasteiger partial charge is 0.573 e. The maximum absolute atomic E-state index is 12.0. The molecule has 1 aromatic carbocycles. The highest BCUT2D eigenvalue weighted by Crippen LogP contribution is 2.28. The molecular formula is C9H8F3IO. The van der Waals surface area contributed by atoms with Gasteiger partial charge in [-0.3, -0.25) is 0 Å². The van der Waals surface area contributed by atoms with Crippen molar-refractivity contribution < 1.29 is 17.9 Å². The number of alkyl halides is 3. The molecule has 5 heteroatoms. The molecule has 1 nitrogen and oxygen atoms in total. The zero-order valence-corrected chi connectivity index (χ0v) is 9.52. The van der Waals surface area contributed by atoms with E-state index >= 15 is 0 Å². The van der Waals surface area contributed by atoms with Crippen LogP contribution in [0.4, 0.5) is 13.2 Å². The van der Waals surface area contributed by atoms with Crippen molar-refractivity contribution in [1.82, 2.24) is 0 Å². The average Bonchev–Trinajstić information content (AvgIpc) is 2.01. The first-order chi connectivity index (χ1) is 6.42. The van der Waals surface area contributed by atoms with Gasteiger partial charge in [-0.05, 0) is 46.7 Å². The highest BCUT2D eigenvalue weighted by Gasteiger charge is 2.31. The van der Waals surface area contributed by atoms with Gasteiger partial charge in [-0.25, -0.2) is 0 Å². The second kappa shape index (κ2) is 4.37. The van der Waals surface area contributed by atoms with E-state index in [4.69, 9.17) is 0 Å². The summed E-state index contributed by atoms with van der Waals surface area (Å²) in [6.07, 6.45) is -4.10. The van der Waals surface area contributed by atoms with Crippen molar-refractivity contribution in [3.63, 3.8) is 0 Å². The van der Waals surface area contributed by atoms with Gasteiger partial charge in [0, 0.05) is 3.57 Å². The van der Waals surface area contributed by atoms with E-state index in [0.29, 0.717) is 12.0 Å². The second-order valence-electron chi connectivity index (χ2n) is 2.65. The topological polar surface area (TPSA) is 9.23 Å². The molecule has 0 atom stereocenters. The highest BCUT2D eigenvalue weighted by atomic mass is 127. The summed E-state index contributed by atoms with van der Waals surface area (Å²) in [5, 5.41) is 0. The Hall–Kier alpha value is -0.460. The fourth-order valence-electron chi connectivity index (χ4n) is 1.04. The summed E-state index contributed by atoms with van der Waals surface area (Å²) in [6.45, 7) is 1.78. The Kier molecular flexibility index (Phi) is 3.63. The van der Waals surface area contributed by atoms with E-state index in [1.54, 1.807) is 19.1 Å². The molecule has 0 amide bonds. The summed E-state index contributed by atoms with van der Waals surface area (Å²) in [6, 6.07) is 4.78. The fraction of sp³-hybridized carbons (Fsp3) is 0.333. The SMILES string of the molecule is CCc1ccc(I)cc1OC(F)(F)F. The Morgan fingerprint density at radius 3 is 2.50 bits per heavy atom. The van der Waals surface area contributed by atoms with Crippen LogP contribution in [-0.4, -0.2) is 6.36 Å². The third kappa shape index (κ3) is 3.36. The van der Waals surface area contributed by atoms with E-state index in [1.807, 2.05) is 22.6 Å². The Bertz CT molecular complexity index is 322. The molecule has 0 N–H and O–H groups in total. The smallest absolute Gasteiger partial charge is 0.405 e. The predicted molar refractivity (Wildman–Crippen MR) is 55.2 cm³/mol. The van der Waals surface area contributed by atoms with Gasteiger partial charge in [-0.2, -0.15) is 0 Å². The summed E-state index contributed by atoms with van der Waals surface area (Å²) in [5.74, 6) is -0.105. The van der Waals surface area contributed by atoms with Crippen molar-refractivity contribution >= 4 is 22.6 Å². The monoisotopic (exact) mass is 316 g/mol. The van der Waals surface area contributed by atoms with Crippen LogP contribution >= 0.6 is 22.6 Å². The number of halogens is 4. The normalized spacial score (nSPS) is 11.5. The van der Waals surface area contributed by atoms with E-state index in [9.17, 15) is 13.2 Å². The Morgan fingerprint density at radius 1 is 1.36 bits per heavy atom. The van der Waals surface area contributed by atoms with Crippen LogP contribution in [0.5, 0.6) is 5.75 Å². The molecule has 0 bridgehead atoms. The fourth-order valence-corrected chi connectivity index (χ4v) is 1.50. The molecule has 0 aliphatic carbocycles. The molecule has 0 unspecified atom stereocenters. The van der Waals surface area contributed by atoms with Crippen LogP contribution in [0.25, 0.3) is 0 Å². The first-order valence-corrected chi connectivity index (χ1v) is 5.04. The quantitative estimate of drug-likeness (QED) is 0.755. The van der Waals surface area contributed by atoms with Gasteiger partial charge in [-0.15, -0.1) is 13.2 Å². The summed E-state index contributed by atoms with van der Waals surface area (Å²) in [4.78, 5) is 0. The maximum Gasteiger partial charge on any atom is 0.573 e. The minimum absolute atomic E-state index is 0.105. The van der Waals surface area contributed by atoms with Crippen LogP contribution < -0.4 is 4.74 Å². The van der Waals surface area contributed by atoms with Gasteiger partial charge in [-0.1, -0.05) is 13.0 Å². The first-order valence-electron chi connectivity index (χ1n) is 3.96. The summed E-state index contributed by atoms with van der Waals surface area (Å²) >= 11 is 1.94. The molecule has 14 heavy (non-hydrogen) atoms. The van der Waals surface area contributed by atoms with E-state index in [1.165, 1.54) is 6.07 Å². The van der Waals surface area contributed by atoms with Crippen molar-refractivity contribution in [2.45, 2.75) is 19.7 Å². The third-order valence-corrected chi connectivity index (χ3v) is 2.31. The number of hydrogen-bond acceptors (Lipinski definition) is 1. The zero-order valence-electron chi connectivity index (χ0n) is 7.36. The first kappa shape index (κ1) is 11.6. The van der Waals surface area contributed by atoms with Crippen LogP contribution in [-0.2, 0) is 6.42 Å². The lowest BCUT2D eigenvalue weighted by Gasteiger charge is -2.12. The van der Waals surface area contributed by atoms with Crippen molar-refractivity contribution in [3.8, 4) is 5.75 Å². The standard InChI is InChI=1S/C9H8F3IO/c1-2-6-3-4-7(13)5-8(6)14-9(10,11)12/h3-5H,2H2,1H3. The Balaban J connectivity index is 2.99. The summed E-state index contributed by atoms with van der Waals surface area (Å²) in [7, 11) is 0. The molecule has 78 valence electrons. The lowest BCUT2D eigenvalue weighted by Crippen LogP contribution is -2.18. The van der Waals surface area contributed by atoms with Crippen LogP contribution in [0, 0.1) is 3.57 Å². The molecule has 0 saturated carbocycles. The molecule has 0 aliphatic rings. The van der Waals surface area contributed by atoms with E-state index in [-0.39, 0.29) is 5.75 Å². The van der Waals surface area contributed by atoms with Crippen LogP contribution in [0.1, 0.15) is 12.5 Å². The van der Waals surface area contributed by atoms with Crippen molar-refractivity contribution in [2.75, 3.05) is 0 Å². The van der Waals surface area contributed by atoms with Gasteiger partial charge in [0.2, 0.25) is 0 Å². The predicted octanol–water partition coefficient (Wildman–Crippen LogP) is 3.75. The Morgan fingerprint density at radius 2 is 2.00 bits per heavy atom. The third-order valence-electron chi connectivity index (χ3n) is 1.64. The molecule has 0 heterocycles. The molecular weight excluding hydrogens is 308 g/mol. The molecule has 1 aromatic rings. The van der Waals surface area contributed by atoms with Crippen molar-refractivity contribution in [1.29, 1.82) is 0 Å². The molecule has 0 fully saturated rings. The second-order valence-corrected chi connectivity index (χ2v) is 3.90. The van der Waals surface area contributed by atoms with E-state index < -0.39 is 6.36 Å². The van der Waals surface area contributed by atoms with Gasteiger partial charge >= 0.3 is 6.36 Å². The van der Waals surface area contributed by atoms with E-state index in [0.717, 1.165) is 3.57 Å². The molecule has 0 radical (unpaired) electrons. The number of hydrogen-bond donors (Lipinski definition) is 0. The average molecular weight is 316 g/mol. The van der Waals surface area contributed by atoms with Gasteiger partial charge in [0.1, 0.15) is 5.75 Å². The van der Waals surface area contributed by atoms with Gasteiger partial charge in [0.25, 0.3) is 0 Å². The summed E-state index contributed by atoms with van der Waals surface area (Å²) < 4.78 is 40.5. The molecule has 0 aliphatic heterocycles. The van der Waals surface area contributed by atoms with Crippen LogP contribution in [0.2, 0.25) is 0 Å². The molecule has 1 rings (SSSR count). The number of aryl methyl sites for hydroxylation is 1. The number of ether oxygens (including phenoxy) is 1. The lowest BCUT2D eigenvalue weighted by molar-refractivity contribution is -0.274. The Labute approximate surface area is 93.4 Å². The minimum atomic E-state index is -4.62. The summed E-state index contributed by atoms with van der Waals surface area (Å²) in [5.41, 5.74) is 0.558. The maximum atomic E-state index is 12.0. The molecule has 0 aromatic heterocycles.